The Morgan fingerprint density at radius 2 is 1.86 bits per heavy atom. The number of amides is 2. The SMILES string of the molecule is CCC1CCOC(C)(c2cc(N3C(=O)C4=C(CCCC4)C3=O)c(F)cc2Cl)O1. The van der Waals surface area contributed by atoms with Crippen molar-refractivity contribution in [3.05, 3.63) is 39.7 Å². The number of ether oxygens (including phenoxy) is 2. The molecule has 0 N–H and O–H groups in total. The van der Waals surface area contributed by atoms with Gasteiger partial charge in [-0.25, -0.2) is 9.29 Å². The monoisotopic (exact) mass is 407 g/mol. The zero-order valence-corrected chi connectivity index (χ0v) is 16.8. The molecule has 2 aliphatic heterocycles. The standard InChI is InChI=1S/C21H23ClFNO4/c1-3-12-8-9-27-21(2,28-12)15-10-18(17(23)11-16(15)22)24-19(25)13-6-4-5-7-14(13)20(24)26/h10-12H,3-9H2,1-2H3. The third kappa shape index (κ3) is 3.08. The van der Waals surface area contributed by atoms with E-state index in [1.807, 2.05) is 6.92 Å². The maximum absolute atomic E-state index is 14.8. The highest BCUT2D eigenvalue weighted by Crippen LogP contribution is 2.42. The van der Waals surface area contributed by atoms with Crippen LogP contribution in [0.3, 0.4) is 0 Å². The van der Waals surface area contributed by atoms with Gasteiger partial charge in [-0.2, -0.15) is 0 Å². The quantitative estimate of drug-likeness (QED) is 0.686. The van der Waals surface area contributed by atoms with Crippen molar-refractivity contribution in [2.75, 3.05) is 11.5 Å². The first-order valence-corrected chi connectivity index (χ1v) is 10.2. The Kier molecular flexibility index (Phi) is 5.06. The highest BCUT2D eigenvalue weighted by atomic mass is 35.5. The van der Waals surface area contributed by atoms with Crippen molar-refractivity contribution in [1.29, 1.82) is 0 Å². The topological polar surface area (TPSA) is 55.8 Å². The molecule has 1 aromatic carbocycles. The number of anilines is 1. The van der Waals surface area contributed by atoms with E-state index in [1.54, 1.807) is 6.92 Å². The predicted octanol–water partition coefficient (Wildman–Crippen LogP) is 4.61. The first kappa shape index (κ1) is 19.6. The smallest absolute Gasteiger partial charge is 0.261 e. The molecular formula is C21H23ClFNO4. The van der Waals surface area contributed by atoms with Crippen LogP contribution in [-0.4, -0.2) is 24.5 Å². The van der Waals surface area contributed by atoms with Crippen molar-refractivity contribution in [3.8, 4) is 0 Å². The lowest BCUT2D eigenvalue weighted by molar-refractivity contribution is -0.292. The van der Waals surface area contributed by atoms with Crippen LogP contribution in [0.5, 0.6) is 0 Å². The average Bonchev–Trinajstić information content (AvgIpc) is 2.93. The van der Waals surface area contributed by atoms with Gasteiger partial charge in [-0.05, 0) is 57.6 Å². The molecule has 2 atom stereocenters. The van der Waals surface area contributed by atoms with Gasteiger partial charge in [0, 0.05) is 16.7 Å². The van der Waals surface area contributed by atoms with Gasteiger partial charge in [0.2, 0.25) is 0 Å². The van der Waals surface area contributed by atoms with Crippen LogP contribution in [0.1, 0.15) is 57.9 Å². The minimum Gasteiger partial charge on any atom is -0.346 e. The third-order valence-corrected chi connectivity index (χ3v) is 6.13. The maximum Gasteiger partial charge on any atom is 0.261 e. The Morgan fingerprint density at radius 1 is 1.21 bits per heavy atom. The van der Waals surface area contributed by atoms with Crippen LogP contribution in [0.2, 0.25) is 5.02 Å². The molecule has 2 heterocycles. The molecule has 7 heteroatoms. The summed E-state index contributed by atoms with van der Waals surface area (Å²) in [6.45, 7) is 4.23. The van der Waals surface area contributed by atoms with E-state index in [0.29, 0.717) is 36.2 Å². The highest BCUT2D eigenvalue weighted by molar-refractivity contribution is 6.34. The lowest BCUT2D eigenvalue weighted by atomic mass is 9.93. The molecule has 0 bridgehead atoms. The molecule has 0 aromatic heterocycles. The second-order valence-corrected chi connectivity index (χ2v) is 8.03. The number of imide groups is 1. The second-order valence-electron chi connectivity index (χ2n) is 7.62. The molecule has 1 aliphatic carbocycles. The molecule has 1 saturated heterocycles. The molecule has 1 fully saturated rings. The first-order valence-electron chi connectivity index (χ1n) is 9.78. The lowest BCUT2D eigenvalue weighted by Crippen LogP contribution is -2.40. The molecule has 2 amide bonds. The highest BCUT2D eigenvalue weighted by Gasteiger charge is 2.43. The van der Waals surface area contributed by atoms with E-state index < -0.39 is 23.4 Å². The summed E-state index contributed by atoms with van der Waals surface area (Å²) in [7, 11) is 0. The number of halogens is 2. The van der Waals surface area contributed by atoms with Crippen LogP contribution in [0.25, 0.3) is 0 Å². The Balaban J connectivity index is 1.75. The molecular weight excluding hydrogens is 385 g/mol. The minimum atomic E-state index is -1.17. The minimum absolute atomic E-state index is 0.00708. The van der Waals surface area contributed by atoms with Crippen molar-refractivity contribution in [2.45, 2.75) is 64.3 Å². The van der Waals surface area contributed by atoms with Crippen LogP contribution >= 0.6 is 11.6 Å². The summed E-state index contributed by atoms with van der Waals surface area (Å²) in [5, 5.41) is 0.136. The summed E-state index contributed by atoms with van der Waals surface area (Å²) in [4.78, 5) is 26.6. The van der Waals surface area contributed by atoms with Crippen molar-refractivity contribution in [1.82, 2.24) is 0 Å². The van der Waals surface area contributed by atoms with E-state index in [4.69, 9.17) is 21.1 Å². The Bertz CT molecular complexity index is 855. The number of benzene rings is 1. The van der Waals surface area contributed by atoms with Gasteiger partial charge in [-0.1, -0.05) is 18.5 Å². The third-order valence-electron chi connectivity index (χ3n) is 5.82. The maximum atomic E-state index is 14.8. The Morgan fingerprint density at radius 3 is 2.46 bits per heavy atom. The molecule has 28 heavy (non-hydrogen) atoms. The lowest BCUT2D eigenvalue weighted by Gasteiger charge is -2.39. The van der Waals surface area contributed by atoms with Crippen LogP contribution in [-0.2, 0) is 24.8 Å². The summed E-state index contributed by atoms with van der Waals surface area (Å²) in [5.41, 5.74) is 1.33. The number of hydrogen-bond acceptors (Lipinski definition) is 4. The van der Waals surface area contributed by atoms with Crippen LogP contribution < -0.4 is 4.90 Å². The summed E-state index contributed by atoms with van der Waals surface area (Å²) in [5.74, 6) is -2.76. The molecule has 150 valence electrons. The molecule has 3 aliphatic rings. The number of carbonyl (C=O) groups excluding carboxylic acids is 2. The van der Waals surface area contributed by atoms with Gasteiger partial charge >= 0.3 is 0 Å². The summed E-state index contributed by atoms with van der Waals surface area (Å²) < 4.78 is 26.7. The molecule has 1 aromatic rings. The van der Waals surface area contributed by atoms with Gasteiger partial charge in [-0.3, -0.25) is 9.59 Å². The number of hydrogen-bond donors (Lipinski definition) is 0. The normalized spacial score (nSPS) is 28.1. The summed E-state index contributed by atoms with van der Waals surface area (Å²) >= 11 is 6.32. The number of nitrogens with zero attached hydrogens (tertiary/aromatic N) is 1. The second kappa shape index (κ2) is 7.25. The molecule has 0 saturated carbocycles. The number of rotatable bonds is 3. The molecule has 4 rings (SSSR count). The van der Waals surface area contributed by atoms with Gasteiger partial charge < -0.3 is 9.47 Å². The van der Waals surface area contributed by atoms with Crippen LogP contribution in [0.15, 0.2) is 23.3 Å². The fourth-order valence-corrected chi connectivity index (χ4v) is 4.56. The van der Waals surface area contributed by atoms with Gasteiger partial charge in [0.05, 0.1) is 23.4 Å². The molecule has 0 spiro atoms. The van der Waals surface area contributed by atoms with Gasteiger partial charge in [0.25, 0.3) is 11.8 Å². The summed E-state index contributed by atoms with van der Waals surface area (Å²) in [6, 6.07) is 2.54. The first-order chi connectivity index (χ1) is 13.4. The van der Waals surface area contributed by atoms with E-state index in [-0.39, 0.29) is 16.8 Å². The average molecular weight is 408 g/mol. The Labute approximate surface area is 168 Å². The van der Waals surface area contributed by atoms with Crippen molar-refractivity contribution in [3.63, 3.8) is 0 Å². The van der Waals surface area contributed by atoms with E-state index in [2.05, 4.69) is 0 Å². The summed E-state index contributed by atoms with van der Waals surface area (Å²) in [6.07, 6.45) is 4.40. The molecule has 5 nitrogen and oxygen atoms in total. The fourth-order valence-electron chi connectivity index (χ4n) is 4.24. The van der Waals surface area contributed by atoms with Crippen molar-refractivity contribution in [2.24, 2.45) is 0 Å². The van der Waals surface area contributed by atoms with Gasteiger partial charge in [0.15, 0.2) is 5.79 Å². The molecule has 0 radical (unpaired) electrons. The van der Waals surface area contributed by atoms with Crippen LogP contribution in [0, 0.1) is 5.82 Å². The predicted molar refractivity (Wildman–Crippen MR) is 102 cm³/mol. The van der Waals surface area contributed by atoms with E-state index in [9.17, 15) is 14.0 Å². The largest absolute Gasteiger partial charge is 0.346 e. The van der Waals surface area contributed by atoms with Crippen molar-refractivity contribution >= 4 is 29.1 Å². The van der Waals surface area contributed by atoms with Crippen molar-refractivity contribution < 1.29 is 23.5 Å². The van der Waals surface area contributed by atoms with Gasteiger partial charge in [-0.15, -0.1) is 0 Å². The fraction of sp³-hybridized carbons (Fsp3) is 0.524. The Hall–Kier alpha value is -1.76. The van der Waals surface area contributed by atoms with E-state index >= 15 is 0 Å². The molecule has 2 unspecified atom stereocenters. The van der Waals surface area contributed by atoms with E-state index in [0.717, 1.165) is 36.6 Å². The van der Waals surface area contributed by atoms with Gasteiger partial charge in [0.1, 0.15) is 5.82 Å². The zero-order valence-electron chi connectivity index (χ0n) is 16.0. The van der Waals surface area contributed by atoms with Crippen LogP contribution in [0.4, 0.5) is 10.1 Å². The zero-order chi connectivity index (χ0) is 20.1. The van der Waals surface area contributed by atoms with E-state index in [1.165, 1.54) is 6.07 Å². The number of carbonyl (C=O) groups is 2.